The van der Waals surface area contributed by atoms with Crippen LogP contribution in [0.25, 0.3) is 0 Å². The van der Waals surface area contributed by atoms with Crippen molar-refractivity contribution in [2.75, 3.05) is 31.6 Å². The monoisotopic (exact) mass is 433 g/mol. The zero-order valence-electron chi connectivity index (χ0n) is 18.4. The number of aryl methyl sites for hydroxylation is 2. The second-order valence-electron chi connectivity index (χ2n) is 8.58. The number of unbranched alkanes of at least 4 members (excludes halogenated alkanes) is 1. The van der Waals surface area contributed by atoms with E-state index in [9.17, 15) is 9.90 Å². The summed E-state index contributed by atoms with van der Waals surface area (Å²) in [4.78, 5) is 18.7. The molecule has 6 nitrogen and oxygen atoms in total. The van der Waals surface area contributed by atoms with E-state index >= 15 is 0 Å². The van der Waals surface area contributed by atoms with Gasteiger partial charge in [-0.2, -0.15) is 0 Å². The van der Waals surface area contributed by atoms with Crippen molar-refractivity contribution in [1.29, 1.82) is 0 Å². The molecule has 3 heterocycles. The van der Waals surface area contributed by atoms with Gasteiger partial charge in [-0.1, -0.05) is 24.1 Å². The third-order valence-electron chi connectivity index (χ3n) is 6.30. The van der Waals surface area contributed by atoms with Crippen LogP contribution in [0.2, 0.25) is 0 Å². The summed E-state index contributed by atoms with van der Waals surface area (Å²) in [5.74, 6) is 2.78. The number of anilines is 1. The Kier molecular flexibility index (Phi) is 7.41. The van der Waals surface area contributed by atoms with Crippen molar-refractivity contribution in [1.82, 2.24) is 9.88 Å². The van der Waals surface area contributed by atoms with E-state index in [1.54, 1.807) is 12.1 Å². The number of hydrogen-bond acceptors (Lipinski definition) is 5. The van der Waals surface area contributed by atoms with E-state index in [0.29, 0.717) is 19.7 Å². The molecular formula is C26H31N3O3. The molecule has 2 aliphatic rings. The number of carboxylic acid groups (broad SMARTS) is 1. The van der Waals surface area contributed by atoms with Gasteiger partial charge in [0.15, 0.2) is 0 Å². The van der Waals surface area contributed by atoms with Crippen molar-refractivity contribution in [3.8, 4) is 12.3 Å². The molecule has 2 aliphatic heterocycles. The molecule has 0 amide bonds. The Morgan fingerprint density at radius 1 is 1.28 bits per heavy atom. The van der Waals surface area contributed by atoms with Crippen LogP contribution < -0.4 is 5.32 Å². The summed E-state index contributed by atoms with van der Waals surface area (Å²) in [6.07, 6.45) is 11.6. The second-order valence-corrected chi connectivity index (χ2v) is 8.58. The molecule has 1 aromatic heterocycles. The highest BCUT2D eigenvalue weighted by Crippen LogP contribution is 2.27. The molecule has 0 radical (unpaired) electrons. The lowest BCUT2D eigenvalue weighted by Gasteiger charge is -2.24. The highest BCUT2D eigenvalue weighted by Gasteiger charge is 2.33. The van der Waals surface area contributed by atoms with Gasteiger partial charge >= 0.3 is 5.97 Å². The van der Waals surface area contributed by atoms with E-state index in [1.165, 1.54) is 12.0 Å². The van der Waals surface area contributed by atoms with Gasteiger partial charge < -0.3 is 15.2 Å². The lowest BCUT2D eigenvalue weighted by Crippen LogP contribution is -2.33. The summed E-state index contributed by atoms with van der Waals surface area (Å²) < 4.78 is 6.07. The Labute approximate surface area is 190 Å². The smallest absolute Gasteiger partial charge is 0.325 e. The van der Waals surface area contributed by atoms with Crippen LogP contribution in [0.15, 0.2) is 36.4 Å². The van der Waals surface area contributed by atoms with Crippen molar-refractivity contribution < 1.29 is 14.6 Å². The number of pyridine rings is 1. The third kappa shape index (κ3) is 5.48. The average Bonchev–Trinajstić information content (AvgIpc) is 3.27. The van der Waals surface area contributed by atoms with Crippen LogP contribution in [-0.2, 0) is 22.4 Å². The summed E-state index contributed by atoms with van der Waals surface area (Å²) in [6.45, 7) is 3.04. The molecule has 6 heteroatoms. The van der Waals surface area contributed by atoms with Crippen LogP contribution in [0.3, 0.4) is 0 Å². The lowest BCUT2D eigenvalue weighted by molar-refractivity contribution is -0.143. The van der Waals surface area contributed by atoms with Crippen LogP contribution in [0.1, 0.15) is 54.1 Å². The van der Waals surface area contributed by atoms with Gasteiger partial charge in [-0.05, 0) is 67.9 Å². The minimum atomic E-state index is -0.842. The average molecular weight is 434 g/mol. The van der Waals surface area contributed by atoms with Gasteiger partial charge in [0.25, 0.3) is 0 Å². The van der Waals surface area contributed by atoms with Crippen molar-refractivity contribution in [3.63, 3.8) is 0 Å². The van der Waals surface area contributed by atoms with Gasteiger partial charge in [-0.25, -0.2) is 4.98 Å². The fourth-order valence-corrected chi connectivity index (χ4v) is 4.56. The van der Waals surface area contributed by atoms with Crippen LogP contribution in [0, 0.1) is 12.3 Å². The minimum absolute atomic E-state index is 0.0768. The maximum absolute atomic E-state index is 11.9. The largest absolute Gasteiger partial charge is 0.480 e. The van der Waals surface area contributed by atoms with Crippen LogP contribution in [0.5, 0.6) is 0 Å². The number of carboxylic acids is 1. The summed E-state index contributed by atoms with van der Waals surface area (Å²) in [6, 6.07) is 10.9. The summed E-state index contributed by atoms with van der Waals surface area (Å²) in [5, 5.41) is 13.2. The molecular weight excluding hydrogens is 402 g/mol. The Morgan fingerprint density at radius 3 is 2.91 bits per heavy atom. The van der Waals surface area contributed by atoms with E-state index < -0.39 is 12.0 Å². The van der Waals surface area contributed by atoms with Crippen LogP contribution >= 0.6 is 0 Å². The first-order valence-electron chi connectivity index (χ1n) is 11.5. The normalized spacial score (nSPS) is 19.0. The number of ether oxygens (including phenoxy) is 1. The number of aliphatic carboxylic acids is 1. The SMILES string of the molecule is C#Cc1ccc([C@@H](C(=O)O)N2CC[C@@H](OCCCCc3ccc4c(n3)NCCC4)C2)cc1. The number of fused-ring (bicyclic) bond motifs is 1. The fraction of sp³-hybridized carbons (Fsp3) is 0.462. The number of likely N-dealkylation sites (tertiary alicyclic amines) is 1. The number of benzene rings is 1. The van der Waals surface area contributed by atoms with E-state index in [0.717, 1.165) is 61.3 Å². The molecule has 0 spiro atoms. The summed E-state index contributed by atoms with van der Waals surface area (Å²) in [7, 11) is 0. The predicted octanol–water partition coefficient (Wildman–Crippen LogP) is 3.66. The number of nitrogens with zero attached hydrogens (tertiary/aromatic N) is 2. The highest BCUT2D eigenvalue weighted by atomic mass is 16.5. The summed E-state index contributed by atoms with van der Waals surface area (Å²) >= 11 is 0. The van der Waals surface area contributed by atoms with Crippen molar-refractivity contribution in [2.24, 2.45) is 0 Å². The predicted molar refractivity (Wildman–Crippen MR) is 125 cm³/mol. The number of nitrogens with one attached hydrogen (secondary N) is 1. The van der Waals surface area contributed by atoms with E-state index in [-0.39, 0.29) is 6.10 Å². The van der Waals surface area contributed by atoms with Gasteiger partial charge in [-0.15, -0.1) is 6.42 Å². The van der Waals surface area contributed by atoms with Gasteiger partial charge in [0, 0.05) is 37.5 Å². The van der Waals surface area contributed by atoms with Crippen molar-refractivity contribution in [2.45, 2.75) is 50.7 Å². The van der Waals surface area contributed by atoms with E-state index in [2.05, 4.69) is 23.4 Å². The molecule has 1 saturated heterocycles. The van der Waals surface area contributed by atoms with Gasteiger partial charge in [0.2, 0.25) is 0 Å². The zero-order chi connectivity index (χ0) is 22.3. The standard InChI is InChI=1S/C26H31N3O3/c1-2-19-8-10-20(11-9-19)24(26(30)31)29-16-14-23(18-29)32-17-4-3-7-22-13-12-21-6-5-15-27-25(21)28-22/h1,8-13,23-24H,3-7,14-18H2,(H,27,28)(H,30,31)/t23-,24+/m1/s1. The molecule has 1 fully saturated rings. The molecule has 0 aliphatic carbocycles. The van der Waals surface area contributed by atoms with E-state index in [1.807, 2.05) is 17.0 Å². The number of rotatable bonds is 9. The molecule has 1 aromatic carbocycles. The molecule has 168 valence electrons. The van der Waals surface area contributed by atoms with Gasteiger partial charge in [0.05, 0.1) is 6.10 Å². The number of hydrogen-bond donors (Lipinski definition) is 2. The van der Waals surface area contributed by atoms with Crippen LogP contribution in [0.4, 0.5) is 5.82 Å². The Morgan fingerprint density at radius 2 is 2.12 bits per heavy atom. The second kappa shape index (κ2) is 10.6. The van der Waals surface area contributed by atoms with Crippen LogP contribution in [-0.4, -0.2) is 53.3 Å². The van der Waals surface area contributed by atoms with Crippen molar-refractivity contribution in [3.05, 3.63) is 58.8 Å². The zero-order valence-corrected chi connectivity index (χ0v) is 18.4. The number of aromatic nitrogens is 1. The lowest BCUT2D eigenvalue weighted by atomic mass is 10.0. The summed E-state index contributed by atoms with van der Waals surface area (Å²) in [5.41, 5.74) is 3.96. The molecule has 0 bridgehead atoms. The van der Waals surface area contributed by atoms with Gasteiger partial charge in [-0.3, -0.25) is 9.69 Å². The third-order valence-corrected chi connectivity index (χ3v) is 6.30. The first kappa shape index (κ1) is 22.3. The van der Waals surface area contributed by atoms with E-state index in [4.69, 9.17) is 16.1 Å². The topological polar surface area (TPSA) is 74.7 Å². The Bertz CT molecular complexity index is 967. The molecule has 0 unspecified atom stereocenters. The molecule has 2 atom stereocenters. The number of terminal acetylenes is 1. The Balaban J connectivity index is 1.21. The molecule has 2 aromatic rings. The van der Waals surface area contributed by atoms with Gasteiger partial charge in [0.1, 0.15) is 11.9 Å². The maximum atomic E-state index is 11.9. The minimum Gasteiger partial charge on any atom is -0.480 e. The quantitative estimate of drug-likeness (QED) is 0.464. The highest BCUT2D eigenvalue weighted by molar-refractivity contribution is 5.75. The Hall–Kier alpha value is -2.88. The molecule has 2 N–H and O–H groups in total. The number of carbonyl (C=O) groups is 1. The fourth-order valence-electron chi connectivity index (χ4n) is 4.56. The molecule has 4 rings (SSSR count). The first-order chi connectivity index (χ1) is 15.6. The first-order valence-corrected chi connectivity index (χ1v) is 11.5. The van der Waals surface area contributed by atoms with Crippen molar-refractivity contribution >= 4 is 11.8 Å². The molecule has 0 saturated carbocycles. The molecule has 32 heavy (non-hydrogen) atoms. The maximum Gasteiger partial charge on any atom is 0.325 e.